The average molecular weight is 226 g/mol. The lowest BCUT2D eigenvalue weighted by molar-refractivity contribution is 0.0864. The smallest absolute Gasteiger partial charge is 0.407 e. The van der Waals surface area contributed by atoms with E-state index in [2.05, 4.69) is 17.5 Å². The SMILES string of the molecule is NCCCNC(=O)OC1CC/C=C/CCC1. The van der Waals surface area contributed by atoms with Crippen molar-refractivity contribution in [1.29, 1.82) is 0 Å². The van der Waals surface area contributed by atoms with Crippen LogP contribution in [0, 0.1) is 0 Å². The van der Waals surface area contributed by atoms with E-state index in [1.165, 1.54) is 0 Å². The first kappa shape index (κ1) is 13.0. The number of amides is 1. The van der Waals surface area contributed by atoms with Gasteiger partial charge in [0.25, 0.3) is 0 Å². The van der Waals surface area contributed by atoms with E-state index in [1.807, 2.05) is 0 Å². The Hall–Kier alpha value is -1.03. The summed E-state index contributed by atoms with van der Waals surface area (Å²) >= 11 is 0. The molecule has 1 aliphatic rings. The van der Waals surface area contributed by atoms with E-state index in [1.54, 1.807) is 0 Å². The monoisotopic (exact) mass is 226 g/mol. The van der Waals surface area contributed by atoms with Crippen LogP contribution in [0.1, 0.15) is 38.5 Å². The summed E-state index contributed by atoms with van der Waals surface area (Å²) in [5.74, 6) is 0. The Balaban J connectivity index is 2.18. The van der Waals surface area contributed by atoms with Gasteiger partial charge in [0.15, 0.2) is 0 Å². The van der Waals surface area contributed by atoms with Gasteiger partial charge in [0.2, 0.25) is 0 Å². The zero-order chi connectivity index (χ0) is 11.6. The third-order valence-corrected chi connectivity index (χ3v) is 2.64. The van der Waals surface area contributed by atoms with E-state index >= 15 is 0 Å². The number of hydrogen-bond donors (Lipinski definition) is 2. The molecule has 4 nitrogen and oxygen atoms in total. The van der Waals surface area contributed by atoms with Crippen molar-refractivity contribution >= 4 is 6.09 Å². The maximum atomic E-state index is 11.4. The zero-order valence-electron chi connectivity index (χ0n) is 9.78. The van der Waals surface area contributed by atoms with Gasteiger partial charge in [-0.25, -0.2) is 4.79 Å². The van der Waals surface area contributed by atoms with E-state index in [-0.39, 0.29) is 12.2 Å². The van der Waals surface area contributed by atoms with Crippen LogP contribution in [-0.2, 0) is 4.74 Å². The number of hydrogen-bond acceptors (Lipinski definition) is 3. The number of nitrogens with two attached hydrogens (primary N) is 1. The van der Waals surface area contributed by atoms with E-state index in [0.29, 0.717) is 13.1 Å². The molecule has 1 unspecified atom stereocenters. The Morgan fingerprint density at radius 1 is 1.38 bits per heavy atom. The molecule has 0 radical (unpaired) electrons. The molecule has 0 saturated heterocycles. The topological polar surface area (TPSA) is 64.3 Å². The third-order valence-electron chi connectivity index (χ3n) is 2.64. The zero-order valence-corrected chi connectivity index (χ0v) is 9.78. The van der Waals surface area contributed by atoms with Gasteiger partial charge in [-0.2, -0.15) is 0 Å². The summed E-state index contributed by atoms with van der Waals surface area (Å²) in [6, 6.07) is 0. The van der Waals surface area contributed by atoms with E-state index in [4.69, 9.17) is 10.5 Å². The first-order chi connectivity index (χ1) is 7.83. The second-order valence-corrected chi connectivity index (χ2v) is 4.08. The Morgan fingerprint density at radius 3 is 3.00 bits per heavy atom. The van der Waals surface area contributed by atoms with Crippen LogP contribution in [0.25, 0.3) is 0 Å². The summed E-state index contributed by atoms with van der Waals surface area (Å²) in [4.78, 5) is 11.4. The van der Waals surface area contributed by atoms with Gasteiger partial charge in [0.05, 0.1) is 0 Å². The predicted molar refractivity (Wildman–Crippen MR) is 64.2 cm³/mol. The normalized spacial score (nSPS) is 22.9. The molecule has 4 heteroatoms. The van der Waals surface area contributed by atoms with Crippen molar-refractivity contribution < 1.29 is 9.53 Å². The molecular formula is C12H22N2O2. The molecule has 92 valence electrons. The van der Waals surface area contributed by atoms with E-state index < -0.39 is 0 Å². The molecular weight excluding hydrogens is 204 g/mol. The van der Waals surface area contributed by atoms with Gasteiger partial charge in [-0.1, -0.05) is 12.2 Å². The fourth-order valence-corrected chi connectivity index (χ4v) is 1.73. The maximum Gasteiger partial charge on any atom is 0.407 e. The fourth-order valence-electron chi connectivity index (χ4n) is 1.73. The van der Waals surface area contributed by atoms with Crippen LogP contribution in [0.3, 0.4) is 0 Å². The number of allylic oxidation sites excluding steroid dienone is 2. The Labute approximate surface area is 97.2 Å². The molecule has 0 spiro atoms. The highest BCUT2D eigenvalue weighted by atomic mass is 16.6. The molecule has 0 saturated carbocycles. The van der Waals surface area contributed by atoms with Crippen molar-refractivity contribution in [2.24, 2.45) is 5.73 Å². The summed E-state index contributed by atoms with van der Waals surface area (Å²) in [5, 5.41) is 2.71. The van der Waals surface area contributed by atoms with Gasteiger partial charge in [-0.3, -0.25) is 0 Å². The minimum atomic E-state index is -0.303. The summed E-state index contributed by atoms with van der Waals surface area (Å²) in [6.07, 6.45) is 10.0. The number of nitrogens with one attached hydrogen (secondary N) is 1. The first-order valence-electron chi connectivity index (χ1n) is 6.12. The predicted octanol–water partition coefficient (Wildman–Crippen LogP) is 1.95. The first-order valence-corrected chi connectivity index (χ1v) is 6.12. The largest absolute Gasteiger partial charge is 0.446 e. The van der Waals surface area contributed by atoms with Crippen molar-refractivity contribution in [3.8, 4) is 0 Å². The summed E-state index contributed by atoms with van der Waals surface area (Å²) in [6.45, 7) is 1.19. The van der Waals surface area contributed by atoms with Gasteiger partial charge in [-0.15, -0.1) is 0 Å². The maximum absolute atomic E-state index is 11.4. The summed E-state index contributed by atoms with van der Waals surface area (Å²) < 4.78 is 5.35. The lowest BCUT2D eigenvalue weighted by Gasteiger charge is -2.18. The standard InChI is InChI=1S/C12H22N2O2/c13-9-6-10-14-12(15)16-11-7-4-2-1-3-5-8-11/h1-2,11H,3-10,13H2,(H,14,15)/b2-1+. The molecule has 16 heavy (non-hydrogen) atoms. The molecule has 1 rings (SSSR count). The summed E-state index contributed by atoms with van der Waals surface area (Å²) in [7, 11) is 0. The molecule has 0 heterocycles. The van der Waals surface area contributed by atoms with Gasteiger partial charge in [0.1, 0.15) is 6.10 Å². The molecule has 0 aromatic carbocycles. The van der Waals surface area contributed by atoms with Crippen molar-refractivity contribution in [2.45, 2.75) is 44.6 Å². The number of carbonyl (C=O) groups is 1. The quantitative estimate of drug-likeness (QED) is 0.569. The third kappa shape index (κ3) is 5.75. The van der Waals surface area contributed by atoms with E-state index in [0.717, 1.165) is 38.5 Å². The lowest BCUT2D eigenvalue weighted by atomic mass is 10.0. The minimum absolute atomic E-state index is 0.0721. The molecule has 1 amide bonds. The molecule has 1 atom stereocenters. The fraction of sp³-hybridized carbons (Fsp3) is 0.750. The van der Waals surface area contributed by atoms with Crippen LogP contribution < -0.4 is 11.1 Å². The van der Waals surface area contributed by atoms with Gasteiger partial charge in [0, 0.05) is 6.54 Å². The van der Waals surface area contributed by atoms with Crippen molar-refractivity contribution in [1.82, 2.24) is 5.32 Å². The average Bonchev–Trinajstić information content (AvgIpc) is 2.22. The van der Waals surface area contributed by atoms with Crippen LogP contribution in [0.15, 0.2) is 12.2 Å². The number of rotatable bonds is 4. The van der Waals surface area contributed by atoms with Gasteiger partial charge < -0.3 is 15.8 Å². The highest BCUT2D eigenvalue weighted by Crippen LogP contribution is 2.15. The van der Waals surface area contributed by atoms with Crippen LogP contribution in [0.4, 0.5) is 4.79 Å². The molecule has 0 aromatic rings. The number of ether oxygens (including phenoxy) is 1. The van der Waals surface area contributed by atoms with Crippen molar-refractivity contribution in [2.75, 3.05) is 13.1 Å². The Bertz CT molecular complexity index is 229. The molecule has 3 N–H and O–H groups in total. The highest BCUT2D eigenvalue weighted by molar-refractivity contribution is 5.67. The lowest BCUT2D eigenvalue weighted by Crippen LogP contribution is -2.30. The molecule has 1 aliphatic carbocycles. The van der Waals surface area contributed by atoms with Crippen LogP contribution in [0.2, 0.25) is 0 Å². The number of alkyl carbamates (subject to hydrolysis) is 1. The van der Waals surface area contributed by atoms with Gasteiger partial charge in [-0.05, 0) is 45.1 Å². The summed E-state index contributed by atoms with van der Waals surface area (Å²) in [5.41, 5.74) is 5.34. The molecule has 0 bridgehead atoms. The van der Waals surface area contributed by atoms with Crippen LogP contribution >= 0.6 is 0 Å². The Morgan fingerprint density at radius 2 is 2.19 bits per heavy atom. The van der Waals surface area contributed by atoms with Crippen molar-refractivity contribution in [3.05, 3.63) is 12.2 Å². The van der Waals surface area contributed by atoms with Crippen LogP contribution in [-0.4, -0.2) is 25.3 Å². The number of carbonyl (C=O) groups excluding carboxylic acids is 1. The Kier molecular flexibility index (Phi) is 6.65. The van der Waals surface area contributed by atoms with E-state index in [9.17, 15) is 4.79 Å². The van der Waals surface area contributed by atoms with Crippen LogP contribution in [0.5, 0.6) is 0 Å². The highest BCUT2D eigenvalue weighted by Gasteiger charge is 2.13. The van der Waals surface area contributed by atoms with Gasteiger partial charge >= 0.3 is 6.09 Å². The molecule has 0 aromatic heterocycles. The minimum Gasteiger partial charge on any atom is -0.446 e. The second-order valence-electron chi connectivity index (χ2n) is 4.08. The van der Waals surface area contributed by atoms with Crippen molar-refractivity contribution in [3.63, 3.8) is 0 Å². The molecule has 0 aliphatic heterocycles. The second kappa shape index (κ2) is 8.16. The molecule has 0 fully saturated rings.